The Hall–Kier alpha value is -3.36. The summed E-state index contributed by atoms with van der Waals surface area (Å²) in [6.45, 7) is 3.22. The minimum Gasteiger partial charge on any atom is -0.465 e. The molecule has 2 aromatic carbocycles. The number of amides is 1. The molecular formula is C19H15F4N3O2. The number of aryl methyl sites for hydroxylation is 2. The van der Waals surface area contributed by atoms with Gasteiger partial charge in [0.05, 0.1) is 0 Å². The van der Waals surface area contributed by atoms with E-state index in [9.17, 15) is 22.4 Å². The highest BCUT2D eigenvalue weighted by Crippen LogP contribution is 2.26. The van der Waals surface area contributed by atoms with Crippen LogP contribution >= 0.6 is 0 Å². The highest BCUT2D eigenvalue weighted by molar-refractivity contribution is 6.02. The molecular weight excluding hydrogens is 378 g/mol. The van der Waals surface area contributed by atoms with Crippen LogP contribution in [0.3, 0.4) is 0 Å². The van der Waals surface area contributed by atoms with Gasteiger partial charge in [0.1, 0.15) is 0 Å². The molecule has 1 amide bonds. The predicted octanol–water partition coefficient (Wildman–Crippen LogP) is 4.35. The van der Waals surface area contributed by atoms with Gasteiger partial charge in [0.2, 0.25) is 11.6 Å². The van der Waals surface area contributed by atoms with Crippen LogP contribution in [0.1, 0.15) is 21.6 Å². The van der Waals surface area contributed by atoms with E-state index < -0.39 is 41.7 Å². The van der Waals surface area contributed by atoms with Crippen molar-refractivity contribution in [2.24, 2.45) is 0 Å². The zero-order chi connectivity index (χ0) is 20.4. The van der Waals surface area contributed by atoms with Gasteiger partial charge in [-0.1, -0.05) is 6.07 Å². The van der Waals surface area contributed by atoms with Gasteiger partial charge in [-0.25, -0.2) is 13.5 Å². The molecule has 1 aromatic heterocycles. The fraction of sp³-hybridized carbons (Fsp3) is 0.158. The molecule has 0 saturated carbocycles. The van der Waals surface area contributed by atoms with Crippen molar-refractivity contribution in [1.82, 2.24) is 9.78 Å². The third kappa shape index (κ3) is 4.13. The van der Waals surface area contributed by atoms with Crippen LogP contribution in [0.5, 0.6) is 5.75 Å². The lowest BCUT2D eigenvalue weighted by molar-refractivity contribution is 0.102. The number of nitrogens with zero attached hydrogens (tertiary/aromatic N) is 2. The Kier molecular flexibility index (Phi) is 5.34. The lowest BCUT2D eigenvalue weighted by Crippen LogP contribution is -2.15. The molecule has 146 valence electrons. The number of ether oxygens (including phenoxy) is 1. The molecule has 0 unspecified atom stereocenters. The van der Waals surface area contributed by atoms with Gasteiger partial charge in [0.15, 0.2) is 29.8 Å². The van der Waals surface area contributed by atoms with Gasteiger partial charge < -0.3 is 10.1 Å². The molecule has 0 aliphatic rings. The summed E-state index contributed by atoms with van der Waals surface area (Å²) in [5.41, 5.74) is 2.56. The Balaban J connectivity index is 1.70. The lowest BCUT2D eigenvalue weighted by Gasteiger charge is -2.09. The zero-order valence-corrected chi connectivity index (χ0v) is 14.9. The second kappa shape index (κ2) is 7.71. The molecule has 0 radical (unpaired) electrons. The fourth-order valence-corrected chi connectivity index (χ4v) is 2.61. The van der Waals surface area contributed by atoms with Crippen LogP contribution in [0, 0.1) is 37.1 Å². The highest BCUT2D eigenvalue weighted by atomic mass is 19.2. The SMILES string of the molecule is Cc1cc(C)cc(NC(=O)c2ccn(COc3c(F)c(F)cc(F)c3F)n2)c1. The van der Waals surface area contributed by atoms with Crippen molar-refractivity contribution in [3.05, 3.63) is 76.6 Å². The smallest absolute Gasteiger partial charge is 0.276 e. The van der Waals surface area contributed by atoms with Gasteiger partial charge in [0.25, 0.3) is 5.91 Å². The van der Waals surface area contributed by atoms with E-state index in [4.69, 9.17) is 4.74 Å². The van der Waals surface area contributed by atoms with Crippen LogP contribution in [0.15, 0.2) is 36.5 Å². The molecule has 0 bridgehead atoms. The van der Waals surface area contributed by atoms with Crippen molar-refractivity contribution in [3.8, 4) is 5.75 Å². The van der Waals surface area contributed by atoms with Crippen LogP contribution in [0.4, 0.5) is 23.2 Å². The number of anilines is 1. The number of hydrogen-bond acceptors (Lipinski definition) is 3. The average molecular weight is 393 g/mol. The van der Waals surface area contributed by atoms with E-state index in [1.165, 1.54) is 12.3 Å². The van der Waals surface area contributed by atoms with Gasteiger partial charge in [-0.15, -0.1) is 0 Å². The fourth-order valence-electron chi connectivity index (χ4n) is 2.61. The predicted molar refractivity (Wildman–Crippen MR) is 93.0 cm³/mol. The standard InChI is InChI=1S/C19H15F4N3O2/c1-10-5-11(2)7-12(6-10)24-19(27)15-3-4-26(25-15)9-28-18-16(22)13(20)8-14(21)17(18)23/h3-8H,9H2,1-2H3,(H,24,27). The third-order valence-electron chi connectivity index (χ3n) is 3.77. The van der Waals surface area contributed by atoms with Crippen LogP contribution in [-0.4, -0.2) is 15.7 Å². The van der Waals surface area contributed by atoms with Crippen molar-refractivity contribution in [1.29, 1.82) is 0 Å². The Labute approximate surface area is 157 Å². The number of rotatable bonds is 5. The first kappa shape index (κ1) is 19.4. The number of carbonyl (C=O) groups excluding carboxylic acids is 1. The van der Waals surface area contributed by atoms with Gasteiger partial charge in [-0.05, 0) is 43.2 Å². The highest BCUT2D eigenvalue weighted by Gasteiger charge is 2.21. The van der Waals surface area contributed by atoms with Crippen LogP contribution in [0.2, 0.25) is 0 Å². The lowest BCUT2D eigenvalue weighted by atomic mass is 10.1. The summed E-state index contributed by atoms with van der Waals surface area (Å²) in [5, 5.41) is 6.60. The Morgan fingerprint density at radius 3 is 2.25 bits per heavy atom. The van der Waals surface area contributed by atoms with Gasteiger partial charge >= 0.3 is 0 Å². The van der Waals surface area contributed by atoms with E-state index in [1.54, 1.807) is 12.1 Å². The Bertz CT molecular complexity index is 1000. The van der Waals surface area contributed by atoms with Crippen molar-refractivity contribution >= 4 is 11.6 Å². The number of aromatic nitrogens is 2. The van der Waals surface area contributed by atoms with Crippen LogP contribution in [-0.2, 0) is 6.73 Å². The van der Waals surface area contributed by atoms with E-state index in [-0.39, 0.29) is 11.8 Å². The van der Waals surface area contributed by atoms with E-state index >= 15 is 0 Å². The molecule has 1 N–H and O–H groups in total. The molecule has 0 aliphatic carbocycles. The van der Waals surface area contributed by atoms with Crippen molar-refractivity contribution in [3.63, 3.8) is 0 Å². The quantitative estimate of drug-likeness (QED) is 0.518. The molecule has 0 aliphatic heterocycles. The Morgan fingerprint density at radius 2 is 1.64 bits per heavy atom. The van der Waals surface area contributed by atoms with Gasteiger partial charge in [-0.2, -0.15) is 13.9 Å². The number of nitrogens with one attached hydrogen (secondary N) is 1. The molecule has 28 heavy (non-hydrogen) atoms. The second-order valence-corrected chi connectivity index (χ2v) is 6.14. The van der Waals surface area contributed by atoms with Crippen molar-refractivity contribution in [2.45, 2.75) is 20.6 Å². The minimum absolute atomic E-state index is 0.0223. The van der Waals surface area contributed by atoms with Crippen LogP contribution in [0.25, 0.3) is 0 Å². The molecule has 0 saturated heterocycles. The molecule has 0 fully saturated rings. The molecule has 9 heteroatoms. The first-order valence-corrected chi connectivity index (χ1v) is 8.13. The number of carbonyl (C=O) groups is 1. The molecule has 3 rings (SSSR count). The minimum atomic E-state index is -1.65. The van der Waals surface area contributed by atoms with E-state index in [2.05, 4.69) is 10.4 Å². The van der Waals surface area contributed by atoms with E-state index in [1.807, 2.05) is 19.9 Å². The van der Waals surface area contributed by atoms with Crippen LogP contribution < -0.4 is 10.1 Å². The monoisotopic (exact) mass is 393 g/mol. The molecule has 5 nitrogen and oxygen atoms in total. The van der Waals surface area contributed by atoms with E-state index in [0.717, 1.165) is 15.8 Å². The first-order chi connectivity index (χ1) is 13.2. The summed E-state index contributed by atoms with van der Waals surface area (Å²) < 4.78 is 59.4. The maximum absolute atomic E-state index is 13.6. The molecule has 0 spiro atoms. The zero-order valence-electron chi connectivity index (χ0n) is 14.9. The third-order valence-corrected chi connectivity index (χ3v) is 3.77. The summed E-state index contributed by atoms with van der Waals surface area (Å²) in [7, 11) is 0. The van der Waals surface area contributed by atoms with E-state index in [0.29, 0.717) is 5.69 Å². The summed E-state index contributed by atoms with van der Waals surface area (Å²) in [6.07, 6.45) is 1.32. The largest absolute Gasteiger partial charge is 0.465 e. The summed E-state index contributed by atoms with van der Waals surface area (Å²) in [5.74, 6) is -8.17. The molecule has 1 heterocycles. The second-order valence-electron chi connectivity index (χ2n) is 6.14. The normalized spacial score (nSPS) is 10.8. The topological polar surface area (TPSA) is 56.2 Å². The van der Waals surface area contributed by atoms with Gasteiger partial charge in [0, 0.05) is 18.0 Å². The number of hydrogen-bond donors (Lipinski definition) is 1. The average Bonchev–Trinajstić information content (AvgIpc) is 3.08. The first-order valence-electron chi connectivity index (χ1n) is 8.13. The summed E-state index contributed by atoms with van der Waals surface area (Å²) >= 11 is 0. The summed E-state index contributed by atoms with van der Waals surface area (Å²) in [4.78, 5) is 12.3. The number of halogens is 4. The summed E-state index contributed by atoms with van der Waals surface area (Å²) in [6, 6.07) is 6.97. The maximum atomic E-state index is 13.6. The Morgan fingerprint density at radius 1 is 1.04 bits per heavy atom. The van der Waals surface area contributed by atoms with Crippen molar-refractivity contribution < 1.29 is 27.1 Å². The van der Waals surface area contributed by atoms with Gasteiger partial charge in [-0.3, -0.25) is 4.79 Å². The molecule has 0 atom stereocenters. The maximum Gasteiger partial charge on any atom is 0.276 e. The number of benzene rings is 2. The molecule has 3 aromatic rings. The van der Waals surface area contributed by atoms with Crippen molar-refractivity contribution in [2.75, 3.05) is 5.32 Å².